The first-order valence-electron chi connectivity index (χ1n) is 6.54. The number of rotatable bonds is 1. The van der Waals surface area contributed by atoms with Gasteiger partial charge in [-0.15, -0.1) is 0 Å². The number of hydrogen-bond donors (Lipinski definition) is 2. The molecule has 19 heavy (non-hydrogen) atoms. The average Bonchev–Trinajstić information content (AvgIpc) is 2.51. The second-order valence-corrected chi connectivity index (χ2v) is 4.74. The third-order valence-electron chi connectivity index (χ3n) is 2.85. The highest BCUT2D eigenvalue weighted by molar-refractivity contribution is 7.71. The van der Waals surface area contributed by atoms with Gasteiger partial charge in [-0.05, 0) is 38.1 Å². The van der Waals surface area contributed by atoms with Crippen molar-refractivity contribution in [2.45, 2.75) is 19.3 Å². The molecular weight excluding hydrogens is 256 g/mol. The number of aromatic nitrogens is 3. The van der Waals surface area contributed by atoms with Crippen LogP contribution in [0.15, 0.2) is 36.5 Å². The van der Waals surface area contributed by atoms with Crippen molar-refractivity contribution in [3.63, 3.8) is 0 Å². The first-order valence-corrected chi connectivity index (χ1v) is 6.95. The van der Waals surface area contributed by atoms with E-state index in [9.17, 15) is 0 Å². The maximum atomic E-state index is 4.87. The maximum Gasteiger partial charge on any atom is 0.214 e. The highest BCUT2D eigenvalue weighted by Gasteiger charge is 1.96. The molecule has 0 radical (unpaired) electrons. The summed E-state index contributed by atoms with van der Waals surface area (Å²) in [6.45, 7) is 2.50. The molecule has 0 unspecified atom stereocenters. The first-order chi connectivity index (χ1) is 9.36. The van der Waals surface area contributed by atoms with Crippen molar-refractivity contribution in [2.24, 2.45) is 0 Å². The second kappa shape index (κ2) is 7.76. The van der Waals surface area contributed by atoms with Crippen LogP contribution in [0.4, 0.5) is 0 Å². The number of H-pyrrole nitrogens is 1. The standard InChI is InChI=1S/C9H7N3S.C5H11N/c13-9-11-8(6-10-12-9)7-4-2-1-3-5-7;1-2-4-6-5-3-1/h1-6H,(H,11,12,13);6H,1-5H2. The summed E-state index contributed by atoms with van der Waals surface area (Å²) in [4.78, 5) is 4.14. The zero-order valence-electron chi connectivity index (χ0n) is 10.8. The van der Waals surface area contributed by atoms with Crippen LogP contribution in [0.5, 0.6) is 0 Å². The Morgan fingerprint density at radius 1 is 1.00 bits per heavy atom. The van der Waals surface area contributed by atoms with Crippen LogP contribution in [-0.4, -0.2) is 28.3 Å². The van der Waals surface area contributed by atoms with Crippen molar-refractivity contribution in [2.75, 3.05) is 13.1 Å². The largest absolute Gasteiger partial charge is 0.317 e. The van der Waals surface area contributed by atoms with Crippen LogP contribution in [0.2, 0.25) is 0 Å². The van der Waals surface area contributed by atoms with Crippen LogP contribution in [0, 0.1) is 4.77 Å². The molecule has 1 saturated heterocycles. The summed E-state index contributed by atoms with van der Waals surface area (Å²) in [6.07, 6.45) is 5.87. The van der Waals surface area contributed by atoms with Gasteiger partial charge in [0.2, 0.25) is 4.77 Å². The second-order valence-electron chi connectivity index (χ2n) is 4.35. The van der Waals surface area contributed by atoms with Gasteiger partial charge in [-0.25, -0.2) is 4.98 Å². The zero-order valence-corrected chi connectivity index (χ0v) is 11.6. The van der Waals surface area contributed by atoms with Crippen molar-refractivity contribution in [3.8, 4) is 11.3 Å². The van der Waals surface area contributed by atoms with E-state index in [2.05, 4.69) is 20.5 Å². The van der Waals surface area contributed by atoms with Crippen LogP contribution in [0.1, 0.15) is 19.3 Å². The molecule has 100 valence electrons. The maximum absolute atomic E-state index is 4.87. The fraction of sp³-hybridized carbons (Fsp3) is 0.357. The molecular formula is C14H18N4S. The highest BCUT2D eigenvalue weighted by atomic mass is 32.1. The molecule has 0 atom stereocenters. The molecule has 0 spiro atoms. The van der Waals surface area contributed by atoms with Crippen LogP contribution in [0.25, 0.3) is 11.3 Å². The lowest BCUT2D eigenvalue weighted by atomic mass is 10.2. The quantitative estimate of drug-likeness (QED) is 0.785. The van der Waals surface area contributed by atoms with E-state index < -0.39 is 0 Å². The Balaban J connectivity index is 0.000000186. The molecule has 0 aliphatic carbocycles. The highest BCUT2D eigenvalue weighted by Crippen LogP contribution is 2.13. The SMILES string of the molecule is C1CCNCC1.S=c1nc(-c2ccccc2)cn[nH]1. The van der Waals surface area contributed by atoms with E-state index in [1.165, 1.54) is 32.4 Å². The van der Waals surface area contributed by atoms with Crippen LogP contribution in [0.3, 0.4) is 0 Å². The average molecular weight is 274 g/mol. The molecule has 1 aliphatic heterocycles. The van der Waals surface area contributed by atoms with E-state index in [-0.39, 0.29) is 0 Å². The number of nitrogens with zero attached hydrogens (tertiary/aromatic N) is 2. The predicted molar refractivity (Wildman–Crippen MR) is 79.4 cm³/mol. The van der Waals surface area contributed by atoms with Crippen LogP contribution < -0.4 is 5.32 Å². The summed E-state index contributed by atoms with van der Waals surface area (Å²) in [6, 6.07) is 9.81. The molecule has 5 heteroatoms. The molecule has 2 aromatic rings. The van der Waals surface area contributed by atoms with Crippen molar-refractivity contribution in [1.29, 1.82) is 0 Å². The van der Waals surface area contributed by atoms with Gasteiger partial charge in [0.05, 0.1) is 11.9 Å². The Hall–Kier alpha value is -1.59. The van der Waals surface area contributed by atoms with Gasteiger partial charge in [0.1, 0.15) is 0 Å². The summed E-state index contributed by atoms with van der Waals surface area (Å²) in [5.74, 6) is 0. The van der Waals surface area contributed by atoms with Gasteiger partial charge in [0.15, 0.2) is 0 Å². The Morgan fingerprint density at radius 2 is 1.74 bits per heavy atom. The van der Waals surface area contributed by atoms with Gasteiger partial charge >= 0.3 is 0 Å². The molecule has 0 amide bonds. The van der Waals surface area contributed by atoms with E-state index in [4.69, 9.17) is 12.2 Å². The number of hydrogen-bond acceptors (Lipinski definition) is 4. The van der Waals surface area contributed by atoms with Crippen LogP contribution in [-0.2, 0) is 0 Å². The summed E-state index contributed by atoms with van der Waals surface area (Å²) in [7, 11) is 0. The number of nitrogens with one attached hydrogen (secondary N) is 2. The van der Waals surface area contributed by atoms with E-state index in [0.29, 0.717) is 4.77 Å². The summed E-state index contributed by atoms with van der Waals surface area (Å²) in [5.41, 5.74) is 1.82. The van der Waals surface area contributed by atoms with Gasteiger partial charge < -0.3 is 5.32 Å². The topological polar surface area (TPSA) is 53.6 Å². The van der Waals surface area contributed by atoms with E-state index >= 15 is 0 Å². The van der Waals surface area contributed by atoms with E-state index in [0.717, 1.165) is 11.3 Å². The summed E-state index contributed by atoms with van der Waals surface area (Å²) < 4.78 is 0.404. The molecule has 1 aliphatic rings. The van der Waals surface area contributed by atoms with Crippen molar-refractivity contribution in [1.82, 2.24) is 20.5 Å². The minimum absolute atomic E-state index is 0.404. The van der Waals surface area contributed by atoms with Crippen molar-refractivity contribution >= 4 is 12.2 Å². The zero-order chi connectivity index (χ0) is 13.3. The number of aromatic amines is 1. The molecule has 1 aromatic carbocycles. The number of benzene rings is 1. The monoisotopic (exact) mass is 274 g/mol. The predicted octanol–water partition coefficient (Wildman–Crippen LogP) is 2.96. The number of piperidine rings is 1. The minimum atomic E-state index is 0.404. The lowest BCUT2D eigenvalue weighted by Gasteiger charge is -2.08. The van der Waals surface area contributed by atoms with Gasteiger partial charge in [0.25, 0.3) is 0 Å². The summed E-state index contributed by atoms with van der Waals surface area (Å²) >= 11 is 4.87. The third kappa shape index (κ3) is 4.89. The molecule has 0 saturated carbocycles. The molecule has 1 fully saturated rings. The van der Waals surface area contributed by atoms with Crippen LogP contribution >= 0.6 is 12.2 Å². The molecule has 4 nitrogen and oxygen atoms in total. The van der Waals surface area contributed by atoms with Gasteiger partial charge in [-0.1, -0.05) is 36.8 Å². The summed E-state index contributed by atoms with van der Waals surface area (Å²) in [5, 5.41) is 9.75. The Labute approximate surface area is 118 Å². The van der Waals surface area contributed by atoms with E-state index in [1.807, 2.05) is 30.3 Å². The lowest BCUT2D eigenvalue weighted by molar-refractivity contribution is 0.520. The molecule has 1 aromatic heterocycles. The van der Waals surface area contributed by atoms with Crippen molar-refractivity contribution in [3.05, 3.63) is 41.3 Å². The van der Waals surface area contributed by atoms with Gasteiger partial charge in [0, 0.05) is 5.56 Å². The third-order valence-corrected chi connectivity index (χ3v) is 3.03. The fourth-order valence-corrected chi connectivity index (χ4v) is 2.01. The Morgan fingerprint density at radius 3 is 2.26 bits per heavy atom. The minimum Gasteiger partial charge on any atom is -0.317 e. The molecule has 0 bridgehead atoms. The van der Waals surface area contributed by atoms with Gasteiger partial charge in [-0.2, -0.15) is 5.10 Å². The van der Waals surface area contributed by atoms with E-state index in [1.54, 1.807) is 6.20 Å². The Kier molecular flexibility index (Phi) is 5.65. The molecule has 2 N–H and O–H groups in total. The molecule has 2 heterocycles. The van der Waals surface area contributed by atoms with Gasteiger partial charge in [-0.3, -0.25) is 5.10 Å². The fourth-order valence-electron chi connectivity index (χ4n) is 1.86. The molecule has 3 rings (SSSR count). The first kappa shape index (κ1) is 13.8. The smallest absolute Gasteiger partial charge is 0.214 e. The van der Waals surface area contributed by atoms with Crippen molar-refractivity contribution < 1.29 is 0 Å². The Bertz CT molecular complexity index is 523. The normalized spacial score (nSPS) is 14.3. The lowest BCUT2D eigenvalue weighted by Crippen LogP contribution is -2.21.